The number of rotatable bonds is 2. The quantitative estimate of drug-likeness (QED) is 0.806. The van der Waals surface area contributed by atoms with Crippen LogP contribution in [0.1, 0.15) is 25.7 Å². The first kappa shape index (κ1) is 12.2. The first-order chi connectivity index (χ1) is 8.72. The topological polar surface area (TPSA) is 24.1 Å². The number of hydrogen-bond acceptors (Lipinski definition) is 1. The molecule has 0 saturated heterocycles. The standard InChI is InChI=1S/C14H17ClN2S/c15-11-3-1-2-4-12(11)16-14(18)17-13-8-9-5-6-10(13)7-9/h1-4,9-10,13H,5-8H2,(H2,16,17,18)/t9-,10-,13+/m0/s1. The van der Waals surface area contributed by atoms with E-state index in [4.69, 9.17) is 23.8 Å². The molecule has 2 saturated carbocycles. The normalized spacial score (nSPS) is 29.3. The van der Waals surface area contributed by atoms with E-state index >= 15 is 0 Å². The highest BCUT2D eigenvalue weighted by Crippen LogP contribution is 2.44. The van der Waals surface area contributed by atoms with Gasteiger partial charge in [-0.1, -0.05) is 30.2 Å². The Labute approximate surface area is 118 Å². The van der Waals surface area contributed by atoms with Crippen LogP contribution in [-0.4, -0.2) is 11.2 Å². The third-order valence-electron chi connectivity index (χ3n) is 4.18. The number of hydrogen-bond donors (Lipinski definition) is 2. The van der Waals surface area contributed by atoms with Crippen molar-refractivity contribution in [2.75, 3.05) is 5.32 Å². The molecule has 18 heavy (non-hydrogen) atoms. The molecule has 2 fully saturated rings. The largest absolute Gasteiger partial charge is 0.359 e. The first-order valence-corrected chi connectivity index (χ1v) is 7.33. The van der Waals surface area contributed by atoms with Crippen LogP contribution in [0.3, 0.4) is 0 Å². The van der Waals surface area contributed by atoms with Gasteiger partial charge < -0.3 is 10.6 Å². The minimum absolute atomic E-state index is 0.561. The molecular weight excluding hydrogens is 264 g/mol. The van der Waals surface area contributed by atoms with Crippen molar-refractivity contribution in [2.45, 2.75) is 31.7 Å². The van der Waals surface area contributed by atoms with Gasteiger partial charge in [0.05, 0.1) is 10.7 Å². The third kappa shape index (κ3) is 2.47. The van der Waals surface area contributed by atoms with Crippen LogP contribution >= 0.6 is 23.8 Å². The lowest BCUT2D eigenvalue weighted by molar-refractivity contribution is 0.392. The second-order valence-corrected chi connectivity index (χ2v) is 6.18. The summed E-state index contributed by atoms with van der Waals surface area (Å²) in [6, 6.07) is 8.24. The molecule has 0 aliphatic heterocycles. The van der Waals surface area contributed by atoms with Crippen LogP contribution in [0.4, 0.5) is 5.69 Å². The zero-order chi connectivity index (χ0) is 12.5. The van der Waals surface area contributed by atoms with Crippen molar-refractivity contribution in [2.24, 2.45) is 11.8 Å². The highest BCUT2D eigenvalue weighted by atomic mass is 35.5. The molecule has 2 N–H and O–H groups in total. The molecule has 96 valence electrons. The molecule has 0 amide bonds. The van der Waals surface area contributed by atoms with Crippen molar-refractivity contribution < 1.29 is 0 Å². The van der Waals surface area contributed by atoms with E-state index in [0.29, 0.717) is 16.2 Å². The fraction of sp³-hybridized carbons (Fsp3) is 0.500. The lowest BCUT2D eigenvalue weighted by atomic mass is 9.96. The molecule has 2 nitrogen and oxygen atoms in total. The Hall–Kier alpha value is -0.800. The second-order valence-electron chi connectivity index (χ2n) is 5.36. The monoisotopic (exact) mass is 280 g/mol. The van der Waals surface area contributed by atoms with Crippen molar-refractivity contribution in [3.63, 3.8) is 0 Å². The highest BCUT2D eigenvalue weighted by molar-refractivity contribution is 7.80. The molecule has 1 aromatic rings. The van der Waals surface area contributed by atoms with E-state index in [-0.39, 0.29) is 0 Å². The highest BCUT2D eigenvalue weighted by Gasteiger charge is 2.39. The third-order valence-corrected chi connectivity index (χ3v) is 4.73. The van der Waals surface area contributed by atoms with Gasteiger partial charge in [0.15, 0.2) is 5.11 Å². The minimum Gasteiger partial charge on any atom is -0.359 e. The van der Waals surface area contributed by atoms with Crippen LogP contribution in [0.25, 0.3) is 0 Å². The Kier molecular flexibility index (Phi) is 3.44. The van der Waals surface area contributed by atoms with Crippen LogP contribution in [0, 0.1) is 11.8 Å². The van der Waals surface area contributed by atoms with Gasteiger partial charge in [0, 0.05) is 6.04 Å². The predicted molar refractivity (Wildman–Crippen MR) is 80.0 cm³/mol. The van der Waals surface area contributed by atoms with Crippen molar-refractivity contribution in [1.82, 2.24) is 5.32 Å². The number of nitrogens with one attached hydrogen (secondary N) is 2. The second kappa shape index (κ2) is 5.06. The molecule has 0 radical (unpaired) electrons. The van der Waals surface area contributed by atoms with Gasteiger partial charge in [-0.05, 0) is 55.4 Å². The van der Waals surface area contributed by atoms with Gasteiger partial charge >= 0.3 is 0 Å². The van der Waals surface area contributed by atoms with Crippen LogP contribution in [-0.2, 0) is 0 Å². The summed E-state index contributed by atoms with van der Waals surface area (Å²) in [4.78, 5) is 0. The van der Waals surface area contributed by atoms with E-state index in [2.05, 4.69) is 10.6 Å². The molecule has 1 aromatic carbocycles. The lowest BCUT2D eigenvalue weighted by Gasteiger charge is -2.24. The summed E-state index contributed by atoms with van der Waals surface area (Å²) in [5.74, 6) is 1.75. The van der Waals surface area contributed by atoms with Gasteiger partial charge in [0.2, 0.25) is 0 Å². The van der Waals surface area contributed by atoms with Gasteiger partial charge in [0.25, 0.3) is 0 Å². The number of anilines is 1. The number of benzene rings is 1. The van der Waals surface area contributed by atoms with E-state index in [1.165, 1.54) is 25.7 Å². The molecule has 0 heterocycles. The zero-order valence-electron chi connectivity index (χ0n) is 10.2. The maximum Gasteiger partial charge on any atom is 0.171 e. The Balaban J connectivity index is 1.58. The van der Waals surface area contributed by atoms with Crippen LogP contribution in [0.2, 0.25) is 5.02 Å². The van der Waals surface area contributed by atoms with Crippen molar-refractivity contribution in [3.8, 4) is 0 Å². The summed E-state index contributed by atoms with van der Waals surface area (Å²) in [5, 5.41) is 8.03. The summed E-state index contributed by atoms with van der Waals surface area (Å²) in [6.45, 7) is 0. The number of halogens is 1. The van der Waals surface area contributed by atoms with Crippen LogP contribution < -0.4 is 10.6 Å². The smallest absolute Gasteiger partial charge is 0.171 e. The van der Waals surface area contributed by atoms with Gasteiger partial charge in [0.1, 0.15) is 0 Å². The number of fused-ring (bicyclic) bond motifs is 2. The molecule has 2 aliphatic rings. The van der Waals surface area contributed by atoms with E-state index in [1.54, 1.807) is 0 Å². The van der Waals surface area contributed by atoms with Gasteiger partial charge in [-0.25, -0.2) is 0 Å². The first-order valence-electron chi connectivity index (χ1n) is 6.54. The predicted octanol–water partition coefficient (Wildman–Crippen LogP) is 3.82. The number of para-hydroxylation sites is 1. The summed E-state index contributed by atoms with van der Waals surface area (Å²) in [7, 11) is 0. The Morgan fingerprint density at radius 3 is 2.72 bits per heavy atom. The molecule has 2 bridgehead atoms. The molecule has 0 spiro atoms. The molecule has 0 aromatic heterocycles. The van der Waals surface area contributed by atoms with Gasteiger partial charge in [-0.2, -0.15) is 0 Å². The van der Waals surface area contributed by atoms with E-state index in [1.807, 2.05) is 24.3 Å². The maximum atomic E-state index is 6.10. The van der Waals surface area contributed by atoms with E-state index < -0.39 is 0 Å². The lowest BCUT2D eigenvalue weighted by Crippen LogP contribution is -2.40. The zero-order valence-corrected chi connectivity index (χ0v) is 11.7. The van der Waals surface area contributed by atoms with Crippen LogP contribution in [0.5, 0.6) is 0 Å². The minimum atomic E-state index is 0.561. The molecule has 4 heteroatoms. The fourth-order valence-electron chi connectivity index (χ4n) is 3.31. The van der Waals surface area contributed by atoms with Gasteiger partial charge in [-0.3, -0.25) is 0 Å². The number of thiocarbonyl (C=S) groups is 1. The van der Waals surface area contributed by atoms with Gasteiger partial charge in [-0.15, -0.1) is 0 Å². The molecule has 3 atom stereocenters. The summed E-state index contributed by atoms with van der Waals surface area (Å²) < 4.78 is 0. The Morgan fingerprint density at radius 2 is 2.06 bits per heavy atom. The average molecular weight is 281 g/mol. The molecule has 2 aliphatic carbocycles. The molecular formula is C14H17ClN2S. The summed E-state index contributed by atoms with van der Waals surface area (Å²) in [5.41, 5.74) is 0.875. The SMILES string of the molecule is S=C(Nc1ccccc1Cl)N[C@@H]1C[C@H]2CC[C@H]1C2. The van der Waals surface area contributed by atoms with E-state index in [9.17, 15) is 0 Å². The maximum absolute atomic E-state index is 6.10. The average Bonchev–Trinajstić information content (AvgIpc) is 2.94. The molecule has 3 rings (SSSR count). The van der Waals surface area contributed by atoms with Crippen molar-refractivity contribution in [3.05, 3.63) is 29.3 Å². The van der Waals surface area contributed by atoms with Crippen molar-refractivity contribution in [1.29, 1.82) is 0 Å². The summed E-state index contributed by atoms with van der Waals surface area (Å²) in [6.07, 6.45) is 5.42. The van der Waals surface area contributed by atoms with Crippen LogP contribution in [0.15, 0.2) is 24.3 Å². The Bertz CT molecular complexity index is 463. The fourth-order valence-corrected chi connectivity index (χ4v) is 3.76. The van der Waals surface area contributed by atoms with E-state index in [0.717, 1.165) is 17.5 Å². The Morgan fingerprint density at radius 1 is 1.22 bits per heavy atom. The molecule has 0 unspecified atom stereocenters. The van der Waals surface area contributed by atoms with Crippen molar-refractivity contribution >= 4 is 34.6 Å². The summed E-state index contributed by atoms with van der Waals surface area (Å²) >= 11 is 11.5.